The van der Waals surface area contributed by atoms with Crippen LogP contribution in [0.5, 0.6) is 0 Å². The molecule has 2 aliphatic rings. The van der Waals surface area contributed by atoms with Gasteiger partial charge in [-0.3, -0.25) is 19.4 Å². The molecular weight excluding hydrogens is 414 g/mol. The van der Waals surface area contributed by atoms with Gasteiger partial charge in [-0.05, 0) is 43.0 Å². The zero-order valence-electron chi connectivity index (χ0n) is 19.8. The summed E-state index contributed by atoms with van der Waals surface area (Å²) in [5.41, 5.74) is 5.22. The summed E-state index contributed by atoms with van der Waals surface area (Å²) in [5, 5.41) is 0. The lowest BCUT2D eigenvalue weighted by molar-refractivity contribution is -0.138. The maximum atomic E-state index is 13.7. The molecule has 2 aromatic rings. The van der Waals surface area contributed by atoms with Crippen LogP contribution in [0, 0.1) is 13.8 Å². The highest BCUT2D eigenvalue weighted by molar-refractivity contribution is 6.35. The van der Waals surface area contributed by atoms with Gasteiger partial charge in [-0.1, -0.05) is 48.5 Å². The number of amides is 2. The molecule has 1 saturated heterocycles. The minimum Gasteiger partial charge on any atom is -0.379 e. The molecule has 0 unspecified atom stereocenters. The Labute approximate surface area is 196 Å². The van der Waals surface area contributed by atoms with Crippen LogP contribution in [0.1, 0.15) is 29.2 Å². The third-order valence-corrected chi connectivity index (χ3v) is 6.60. The molecule has 0 aromatic heterocycles. The van der Waals surface area contributed by atoms with Gasteiger partial charge < -0.3 is 9.64 Å². The van der Waals surface area contributed by atoms with Gasteiger partial charge in [0.1, 0.15) is 5.70 Å². The van der Waals surface area contributed by atoms with Crippen molar-refractivity contribution in [3.05, 3.63) is 76.5 Å². The highest BCUT2D eigenvalue weighted by Gasteiger charge is 2.41. The number of hydrogen-bond donors (Lipinski definition) is 0. The molecule has 6 nitrogen and oxygen atoms in total. The first kappa shape index (κ1) is 23.2. The Hall–Kier alpha value is -2.96. The van der Waals surface area contributed by atoms with Gasteiger partial charge in [0.15, 0.2) is 0 Å². The van der Waals surface area contributed by atoms with Crippen LogP contribution in [-0.4, -0.2) is 72.5 Å². The molecule has 2 aromatic carbocycles. The van der Waals surface area contributed by atoms with Gasteiger partial charge in [-0.2, -0.15) is 0 Å². The van der Waals surface area contributed by atoms with E-state index in [4.69, 9.17) is 4.74 Å². The smallest absolute Gasteiger partial charge is 0.277 e. The number of nitrogens with zero attached hydrogens (tertiary/aromatic N) is 3. The Kier molecular flexibility index (Phi) is 7.26. The molecule has 0 spiro atoms. The molecule has 0 radical (unpaired) electrons. The minimum atomic E-state index is -0.196. The molecule has 2 aliphatic heterocycles. The lowest BCUT2D eigenvalue weighted by Crippen LogP contribution is -2.44. The lowest BCUT2D eigenvalue weighted by Gasteiger charge is -2.28. The summed E-state index contributed by atoms with van der Waals surface area (Å²) in [5.74, 6) is -0.391. The molecule has 2 heterocycles. The average Bonchev–Trinajstić information content (AvgIpc) is 3.08. The standard InChI is InChI=1S/C27H33N3O3/c1-4-29(19-22-8-6-5-7-9-22)25-24(23-11-10-20(2)21(3)18-23)26(31)30(27(25)32)13-12-28-14-16-33-17-15-28/h5-11,18H,4,12-17,19H2,1-3H3. The number of imide groups is 1. The van der Waals surface area contributed by atoms with Gasteiger partial charge in [0.25, 0.3) is 11.8 Å². The lowest BCUT2D eigenvalue weighted by atomic mass is 9.99. The summed E-state index contributed by atoms with van der Waals surface area (Å²) in [6.07, 6.45) is 0. The third-order valence-electron chi connectivity index (χ3n) is 6.60. The van der Waals surface area contributed by atoms with E-state index in [2.05, 4.69) is 24.0 Å². The number of ether oxygens (including phenoxy) is 1. The SMILES string of the molecule is CCN(Cc1ccccc1)C1=C(c2ccc(C)c(C)c2)C(=O)N(CCN2CCOCC2)C1=O. The Morgan fingerprint density at radius 3 is 2.30 bits per heavy atom. The van der Waals surface area contributed by atoms with Crippen molar-refractivity contribution in [1.82, 2.24) is 14.7 Å². The van der Waals surface area contributed by atoms with Crippen molar-refractivity contribution in [2.75, 3.05) is 45.9 Å². The second-order valence-corrected chi connectivity index (χ2v) is 8.74. The normalized spacial score (nSPS) is 17.2. The molecule has 0 atom stereocenters. The maximum Gasteiger partial charge on any atom is 0.277 e. The van der Waals surface area contributed by atoms with Crippen LogP contribution in [0.25, 0.3) is 5.57 Å². The Morgan fingerprint density at radius 2 is 1.64 bits per heavy atom. The molecular formula is C27H33N3O3. The monoisotopic (exact) mass is 447 g/mol. The second kappa shape index (κ2) is 10.3. The fourth-order valence-electron chi connectivity index (χ4n) is 4.44. The second-order valence-electron chi connectivity index (χ2n) is 8.74. The quantitative estimate of drug-likeness (QED) is 0.582. The van der Waals surface area contributed by atoms with Gasteiger partial charge in [-0.15, -0.1) is 0 Å². The van der Waals surface area contributed by atoms with Crippen molar-refractivity contribution in [3.63, 3.8) is 0 Å². The van der Waals surface area contributed by atoms with Gasteiger partial charge >= 0.3 is 0 Å². The Bertz CT molecular complexity index is 1040. The van der Waals surface area contributed by atoms with Crippen molar-refractivity contribution in [1.29, 1.82) is 0 Å². The van der Waals surface area contributed by atoms with E-state index in [1.54, 1.807) is 0 Å². The molecule has 1 fully saturated rings. The van der Waals surface area contributed by atoms with E-state index in [0.717, 1.165) is 29.8 Å². The van der Waals surface area contributed by atoms with E-state index in [0.29, 0.717) is 50.7 Å². The first-order chi connectivity index (χ1) is 16.0. The van der Waals surface area contributed by atoms with Crippen LogP contribution in [0.4, 0.5) is 0 Å². The first-order valence-corrected chi connectivity index (χ1v) is 11.8. The van der Waals surface area contributed by atoms with E-state index in [-0.39, 0.29) is 11.8 Å². The van der Waals surface area contributed by atoms with Crippen LogP contribution in [0.2, 0.25) is 0 Å². The molecule has 0 saturated carbocycles. The molecule has 0 N–H and O–H groups in total. The summed E-state index contributed by atoms with van der Waals surface area (Å²) in [4.78, 5) is 33.0. The van der Waals surface area contributed by atoms with E-state index >= 15 is 0 Å². The summed E-state index contributed by atoms with van der Waals surface area (Å²) in [6.45, 7) is 11.4. The van der Waals surface area contributed by atoms with Crippen molar-refractivity contribution in [2.24, 2.45) is 0 Å². The van der Waals surface area contributed by atoms with Gasteiger partial charge in [-0.25, -0.2) is 0 Å². The van der Waals surface area contributed by atoms with Crippen molar-refractivity contribution in [2.45, 2.75) is 27.3 Å². The molecule has 33 heavy (non-hydrogen) atoms. The minimum absolute atomic E-state index is 0.195. The van der Waals surface area contributed by atoms with Crippen LogP contribution in [0.15, 0.2) is 54.2 Å². The number of benzene rings is 2. The molecule has 0 bridgehead atoms. The summed E-state index contributed by atoms with van der Waals surface area (Å²) in [6, 6.07) is 16.1. The molecule has 4 rings (SSSR count). The number of aryl methyl sites for hydroxylation is 2. The highest BCUT2D eigenvalue weighted by Crippen LogP contribution is 2.33. The number of hydrogen-bond acceptors (Lipinski definition) is 5. The van der Waals surface area contributed by atoms with Gasteiger partial charge in [0.2, 0.25) is 0 Å². The molecule has 0 aliphatic carbocycles. The van der Waals surface area contributed by atoms with Crippen molar-refractivity contribution in [3.8, 4) is 0 Å². The summed E-state index contributed by atoms with van der Waals surface area (Å²) >= 11 is 0. The van der Waals surface area contributed by atoms with Crippen molar-refractivity contribution >= 4 is 17.4 Å². The van der Waals surface area contributed by atoms with E-state index in [9.17, 15) is 9.59 Å². The number of carbonyl (C=O) groups excluding carboxylic acids is 2. The van der Waals surface area contributed by atoms with Gasteiger partial charge in [0.05, 0.1) is 18.8 Å². The zero-order chi connectivity index (χ0) is 23.4. The van der Waals surface area contributed by atoms with Crippen LogP contribution in [0.3, 0.4) is 0 Å². The average molecular weight is 448 g/mol. The van der Waals surface area contributed by atoms with Crippen LogP contribution in [-0.2, 0) is 20.9 Å². The molecule has 2 amide bonds. The topological polar surface area (TPSA) is 53.1 Å². The first-order valence-electron chi connectivity index (χ1n) is 11.8. The zero-order valence-corrected chi connectivity index (χ0v) is 19.8. The van der Waals surface area contributed by atoms with E-state index < -0.39 is 0 Å². The van der Waals surface area contributed by atoms with Crippen molar-refractivity contribution < 1.29 is 14.3 Å². The number of carbonyl (C=O) groups is 2. The van der Waals surface area contributed by atoms with Crippen LogP contribution < -0.4 is 0 Å². The van der Waals surface area contributed by atoms with E-state index in [1.807, 2.05) is 55.1 Å². The Balaban J connectivity index is 1.67. The number of morpholine rings is 1. The van der Waals surface area contributed by atoms with Crippen LogP contribution >= 0.6 is 0 Å². The fraction of sp³-hybridized carbons (Fsp3) is 0.407. The fourth-order valence-corrected chi connectivity index (χ4v) is 4.44. The summed E-state index contributed by atoms with van der Waals surface area (Å²) < 4.78 is 5.43. The highest BCUT2D eigenvalue weighted by atomic mass is 16.5. The number of rotatable bonds is 8. The summed E-state index contributed by atoms with van der Waals surface area (Å²) in [7, 11) is 0. The molecule has 174 valence electrons. The Morgan fingerprint density at radius 1 is 0.909 bits per heavy atom. The maximum absolute atomic E-state index is 13.7. The van der Waals surface area contributed by atoms with E-state index in [1.165, 1.54) is 10.5 Å². The van der Waals surface area contributed by atoms with Gasteiger partial charge in [0, 0.05) is 39.3 Å². The largest absolute Gasteiger partial charge is 0.379 e. The third kappa shape index (κ3) is 5.02. The predicted molar refractivity (Wildman–Crippen MR) is 129 cm³/mol. The number of likely N-dealkylation sites (N-methyl/N-ethyl adjacent to an activating group) is 1. The predicted octanol–water partition coefficient (Wildman–Crippen LogP) is 3.24. The molecule has 6 heteroatoms.